The van der Waals surface area contributed by atoms with Gasteiger partial charge in [0.1, 0.15) is 5.75 Å². The first-order valence-corrected chi connectivity index (χ1v) is 11.8. The predicted molar refractivity (Wildman–Crippen MR) is 129 cm³/mol. The molecule has 0 radical (unpaired) electrons. The number of carbonyl (C=O) groups excluding carboxylic acids is 1. The molecule has 5 heteroatoms. The normalized spacial score (nSPS) is 22.4. The highest BCUT2D eigenvalue weighted by Gasteiger charge is 2.38. The Bertz CT molecular complexity index is 857. The molecule has 0 unspecified atom stereocenters. The molecule has 3 atom stereocenters. The maximum atomic E-state index is 11.7. The van der Waals surface area contributed by atoms with Crippen LogP contribution >= 0.6 is 0 Å². The van der Waals surface area contributed by atoms with Gasteiger partial charge in [0.15, 0.2) is 0 Å². The molecule has 0 amide bonds. The van der Waals surface area contributed by atoms with Crippen molar-refractivity contribution in [3.8, 4) is 5.75 Å². The Morgan fingerprint density at radius 3 is 2.72 bits per heavy atom. The maximum absolute atomic E-state index is 11.7. The van der Waals surface area contributed by atoms with Gasteiger partial charge in [-0.2, -0.15) is 0 Å². The topological polar surface area (TPSA) is 61.8 Å². The largest absolute Gasteiger partial charge is 0.508 e. The van der Waals surface area contributed by atoms with Gasteiger partial charge in [0.2, 0.25) is 0 Å². The second-order valence-electron chi connectivity index (χ2n) is 9.37. The first-order valence-electron chi connectivity index (χ1n) is 11.8. The summed E-state index contributed by atoms with van der Waals surface area (Å²) in [5.41, 5.74) is 2.61. The molecule has 0 aromatic heterocycles. The van der Waals surface area contributed by atoms with Crippen molar-refractivity contribution in [2.45, 2.75) is 39.0 Å². The molecule has 0 bridgehead atoms. The Morgan fingerprint density at radius 2 is 2.03 bits per heavy atom. The number of nitrogens with one attached hydrogen (secondary N) is 1. The van der Waals surface area contributed by atoms with Crippen LogP contribution in [0.15, 0.2) is 54.6 Å². The molecule has 2 aromatic rings. The van der Waals surface area contributed by atoms with E-state index in [-0.39, 0.29) is 17.9 Å². The van der Waals surface area contributed by atoms with E-state index in [1.807, 2.05) is 25.1 Å². The van der Waals surface area contributed by atoms with Gasteiger partial charge in [-0.3, -0.25) is 4.79 Å². The number of esters is 1. The van der Waals surface area contributed by atoms with Crippen LogP contribution < -0.4 is 5.32 Å². The molecule has 1 heterocycles. The monoisotopic (exact) mass is 438 g/mol. The third-order valence-corrected chi connectivity index (χ3v) is 6.96. The fourth-order valence-electron chi connectivity index (χ4n) is 4.88. The van der Waals surface area contributed by atoms with Crippen molar-refractivity contribution in [1.29, 1.82) is 0 Å². The number of nitrogens with zero attached hydrogens (tertiary/aromatic N) is 1. The molecule has 0 spiro atoms. The predicted octanol–water partition coefficient (Wildman–Crippen LogP) is 4.00. The van der Waals surface area contributed by atoms with Gasteiger partial charge in [-0.05, 0) is 66.8 Å². The smallest absolute Gasteiger partial charge is 0.319 e. The van der Waals surface area contributed by atoms with Gasteiger partial charge in [-0.1, -0.05) is 56.3 Å². The molecule has 0 aliphatic carbocycles. The van der Waals surface area contributed by atoms with Crippen molar-refractivity contribution in [1.82, 2.24) is 10.2 Å². The minimum atomic E-state index is -0.195. The average Bonchev–Trinajstić information content (AvgIpc) is 2.77. The molecular formula is C27H38N2O3. The number of aromatic hydroxyl groups is 1. The molecule has 1 aliphatic rings. The Balaban J connectivity index is 1.62. The summed E-state index contributed by atoms with van der Waals surface area (Å²) in [6.45, 7) is 11.0. The highest BCUT2D eigenvalue weighted by atomic mass is 16.5. The molecule has 5 nitrogen and oxygen atoms in total. The molecular weight excluding hydrogens is 400 g/mol. The number of hydrogen-bond acceptors (Lipinski definition) is 5. The van der Waals surface area contributed by atoms with Crippen molar-refractivity contribution in [3.63, 3.8) is 0 Å². The van der Waals surface area contributed by atoms with E-state index in [2.05, 4.69) is 54.4 Å². The molecule has 32 heavy (non-hydrogen) atoms. The fourth-order valence-corrected chi connectivity index (χ4v) is 4.88. The van der Waals surface area contributed by atoms with Crippen LogP contribution in [0.3, 0.4) is 0 Å². The number of likely N-dealkylation sites (tertiary alicyclic amines) is 1. The van der Waals surface area contributed by atoms with Gasteiger partial charge in [0.25, 0.3) is 0 Å². The molecule has 3 rings (SSSR count). The molecule has 2 aromatic carbocycles. The minimum absolute atomic E-state index is 0.0618. The molecule has 0 saturated carbocycles. The zero-order valence-corrected chi connectivity index (χ0v) is 19.7. The summed E-state index contributed by atoms with van der Waals surface area (Å²) in [5.74, 6) is 1.03. The Kier molecular flexibility index (Phi) is 8.71. The second kappa shape index (κ2) is 11.5. The number of rotatable bonds is 10. The Labute approximate surface area is 192 Å². The van der Waals surface area contributed by atoms with Crippen LogP contribution in [0.4, 0.5) is 0 Å². The van der Waals surface area contributed by atoms with Crippen molar-refractivity contribution in [2.75, 3.05) is 39.3 Å². The van der Waals surface area contributed by atoms with Crippen molar-refractivity contribution >= 4 is 5.97 Å². The van der Waals surface area contributed by atoms with Gasteiger partial charge in [0, 0.05) is 19.6 Å². The summed E-state index contributed by atoms with van der Waals surface area (Å²) in [6.07, 6.45) is 2.04. The number of phenols is 1. The lowest BCUT2D eigenvalue weighted by atomic mass is 9.68. The van der Waals surface area contributed by atoms with Gasteiger partial charge < -0.3 is 20.1 Å². The van der Waals surface area contributed by atoms with E-state index < -0.39 is 0 Å². The summed E-state index contributed by atoms with van der Waals surface area (Å²) in [7, 11) is 0. The number of piperidine rings is 1. The van der Waals surface area contributed by atoms with Crippen LogP contribution in [0, 0.1) is 11.8 Å². The lowest BCUT2D eigenvalue weighted by Gasteiger charge is -2.46. The number of benzene rings is 2. The molecule has 1 aliphatic heterocycles. The van der Waals surface area contributed by atoms with Crippen LogP contribution in [0.5, 0.6) is 5.75 Å². The SMILES string of the molecule is CCOC(=O)CNC[C@H](Cc1ccccc1)CN1CC[C@@](C)(c2cccc(O)c2)[C@@H](C)C1. The Hall–Kier alpha value is -2.37. The maximum Gasteiger partial charge on any atom is 0.319 e. The lowest BCUT2D eigenvalue weighted by molar-refractivity contribution is -0.142. The van der Waals surface area contributed by atoms with E-state index in [0.29, 0.717) is 24.2 Å². The quantitative estimate of drug-likeness (QED) is 0.549. The van der Waals surface area contributed by atoms with Crippen molar-refractivity contribution in [2.24, 2.45) is 11.8 Å². The van der Waals surface area contributed by atoms with E-state index in [4.69, 9.17) is 4.74 Å². The fraction of sp³-hybridized carbons (Fsp3) is 0.519. The van der Waals surface area contributed by atoms with Crippen molar-refractivity contribution in [3.05, 3.63) is 65.7 Å². The van der Waals surface area contributed by atoms with Crippen LogP contribution in [-0.2, 0) is 21.4 Å². The number of phenolic OH excluding ortho intramolecular Hbond substituents is 1. The second-order valence-corrected chi connectivity index (χ2v) is 9.37. The standard InChI is InChI=1S/C27H38N2O3/c1-4-32-26(31)18-28-17-23(15-22-9-6-5-7-10-22)20-29-14-13-27(3,21(2)19-29)24-11-8-12-25(30)16-24/h5-12,16,21,23,28,30H,4,13-15,17-20H2,1-3H3/t21-,23-,27+/m0/s1. The van der Waals surface area contributed by atoms with E-state index in [1.165, 1.54) is 11.1 Å². The van der Waals surface area contributed by atoms with Gasteiger partial charge >= 0.3 is 5.97 Å². The first kappa shape index (κ1) is 24.3. The molecule has 1 fully saturated rings. The summed E-state index contributed by atoms with van der Waals surface area (Å²) in [6, 6.07) is 18.3. The summed E-state index contributed by atoms with van der Waals surface area (Å²) in [5, 5.41) is 13.3. The van der Waals surface area contributed by atoms with Crippen LogP contribution in [-0.4, -0.2) is 55.3 Å². The highest BCUT2D eigenvalue weighted by molar-refractivity contribution is 5.71. The van der Waals surface area contributed by atoms with Gasteiger partial charge in [-0.25, -0.2) is 0 Å². The van der Waals surface area contributed by atoms with E-state index in [9.17, 15) is 9.90 Å². The summed E-state index contributed by atoms with van der Waals surface area (Å²) in [4.78, 5) is 14.3. The lowest BCUT2D eigenvalue weighted by Crippen LogP contribution is -2.49. The zero-order chi connectivity index (χ0) is 23.0. The van der Waals surface area contributed by atoms with Gasteiger partial charge in [0.05, 0.1) is 13.2 Å². The average molecular weight is 439 g/mol. The van der Waals surface area contributed by atoms with Gasteiger partial charge in [-0.15, -0.1) is 0 Å². The third-order valence-electron chi connectivity index (χ3n) is 6.96. The number of ether oxygens (including phenoxy) is 1. The number of carbonyl (C=O) groups is 1. The molecule has 1 saturated heterocycles. The van der Waals surface area contributed by atoms with Crippen molar-refractivity contribution < 1.29 is 14.6 Å². The highest BCUT2D eigenvalue weighted by Crippen LogP contribution is 2.40. The zero-order valence-electron chi connectivity index (χ0n) is 19.7. The molecule has 2 N–H and O–H groups in total. The van der Waals surface area contributed by atoms with Crippen LogP contribution in [0.1, 0.15) is 38.3 Å². The van der Waals surface area contributed by atoms with Crippen LogP contribution in [0.25, 0.3) is 0 Å². The van der Waals surface area contributed by atoms with E-state index in [1.54, 1.807) is 6.07 Å². The first-order chi connectivity index (χ1) is 15.4. The number of hydrogen-bond donors (Lipinski definition) is 2. The summed E-state index contributed by atoms with van der Waals surface area (Å²) < 4.78 is 5.05. The molecule has 174 valence electrons. The Morgan fingerprint density at radius 1 is 1.25 bits per heavy atom. The van der Waals surface area contributed by atoms with E-state index in [0.717, 1.165) is 39.0 Å². The summed E-state index contributed by atoms with van der Waals surface area (Å²) >= 11 is 0. The van der Waals surface area contributed by atoms with E-state index >= 15 is 0 Å². The minimum Gasteiger partial charge on any atom is -0.508 e. The third kappa shape index (κ3) is 6.57. The van der Waals surface area contributed by atoms with Crippen LogP contribution in [0.2, 0.25) is 0 Å².